The average molecular weight is 274 g/mol. The molecule has 0 amide bonds. The van der Waals surface area contributed by atoms with Crippen LogP contribution in [0.2, 0.25) is 0 Å². The molecule has 20 heavy (non-hydrogen) atoms. The molecule has 3 unspecified atom stereocenters. The molecule has 3 heteroatoms. The molecule has 0 saturated carbocycles. The van der Waals surface area contributed by atoms with E-state index in [0.29, 0.717) is 18.2 Å². The summed E-state index contributed by atoms with van der Waals surface area (Å²) in [6.45, 7) is 6.64. The van der Waals surface area contributed by atoms with Gasteiger partial charge in [0, 0.05) is 25.2 Å². The lowest BCUT2D eigenvalue weighted by molar-refractivity contribution is 0.0732. The monoisotopic (exact) mass is 274 g/mol. The van der Waals surface area contributed by atoms with Crippen molar-refractivity contribution >= 4 is 0 Å². The fraction of sp³-hybridized carbons (Fsp3) is 0.647. The second-order valence-electron chi connectivity index (χ2n) is 6.12. The molecule has 0 spiro atoms. The van der Waals surface area contributed by atoms with Gasteiger partial charge in [-0.05, 0) is 44.8 Å². The minimum absolute atomic E-state index is 0.394. The van der Waals surface area contributed by atoms with Crippen LogP contribution in [0.15, 0.2) is 30.3 Å². The zero-order chi connectivity index (χ0) is 13.8. The number of nitrogens with zero attached hydrogens (tertiary/aromatic N) is 1. The first kappa shape index (κ1) is 14.1. The molecule has 2 aliphatic heterocycles. The summed E-state index contributed by atoms with van der Waals surface area (Å²) >= 11 is 0. The maximum Gasteiger partial charge on any atom is 0.0703 e. The largest absolute Gasteiger partial charge is 0.377 e. The summed E-state index contributed by atoms with van der Waals surface area (Å²) < 4.78 is 5.75. The van der Waals surface area contributed by atoms with Crippen LogP contribution in [0, 0.1) is 0 Å². The summed E-state index contributed by atoms with van der Waals surface area (Å²) in [6.07, 6.45) is 3.96. The van der Waals surface area contributed by atoms with Crippen LogP contribution in [-0.4, -0.2) is 49.3 Å². The van der Waals surface area contributed by atoms with E-state index < -0.39 is 0 Å². The molecule has 1 aromatic carbocycles. The van der Waals surface area contributed by atoms with Gasteiger partial charge < -0.3 is 10.1 Å². The Morgan fingerprint density at radius 1 is 1.30 bits per heavy atom. The summed E-state index contributed by atoms with van der Waals surface area (Å²) in [7, 11) is 0. The van der Waals surface area contributed by atoms with Crippen molar-refractivity contribution < 1.29 is 4.74 Å². The van der Waals surface area contributed by atoms with Crippen LogP contribution < -0.4 is 5.32 Å². The van der Waals surface area contributed by atoms with E-state index in [9.17, 15) is 0 Å². The van der Waals surface area contributed by atoms with Crippen LogP contribution in [-0.2, 0) is 11.2 Å². The summed E-state index contributed by atoms with van der Waals surface area (Å²) in [5.41, 5.74) is 1.43. The van der Waals surface area contributed by atoms with E-state index in [1.807, 2.05) is 0 Å². The highest BCUT2D eigenvalue weighted by Gasteiger charge is 2.31. The van der Waals surface area contributed by atoms with Crippen LogP contribution >= 0.6 is 0 Å². The smallest absolute Gasteiger partial charge is 0.0703 e. The maximum absolute atomic E-state index is 5.75. The lowest BCUT2D eigenvalue weighted by Gasteiger charge is -2.31. The Hall–Kier alpha value is -0.900. The highest BCUT2D eigenvalue weighted by Crippen LogP contribution is 2.21. The topological polar surface area (TPSA) is 24.5 Å². The summed E-state index contributed by atoms with van der Waals surface area (Å²) in [4.78, 5) is 2.66. The van der Waals surface area contributed by atoms with Crippen LogP contribution in [0.1, 0.15) is 25.3 Å². The van der Waals surface area contributed by atoms with Crippen molar-refractivity contribution in [3.63, 3.8) is 0 Å². The number of ether oxygens (including phenoxy) is 1. The normalized spacial score (nSPS) is 32.1. The molecular formula is C17H26N2O. The van der Waals surface area contributed by atoms with E-state index in [4.69, 9.17) is 4.74 Å². The summed E-state index contributed by atoms with van der Waals surface area (Å²) in [5, 5.41) is 3.72. The molecule has 3 atom stereocenters. The molecule has 1 N–H and O–H groups in total. The van der Waals surface area contributed by atoms with Gasteiger partial charge in [0.1, 0.15) is 0 Å². The molecule has 0 bridgehead atoms. The third-order valence-electron chi connectivity index (χ3n) is 4.64. The van der Waals surface area contributed by atoms with Crippen molar-refractivity contribution in [3.8, 4) is 0 Å². The van der Waals surface area contributed by atoms with E-state index in [1.165, 1.54) is 24.9 Å². The molecule has 2 fully saturated rings. The van der Waals surface area contributed by atoms with Crippen molar-refractivity contribution in [2.24, 2.45) is 0 Å². The van der Waals surface area contributed by atoms with E-state index in [2.05, 4.69) is 47.5 Å². The van der Waals surface area contributed by atoms with Crippen molar-refractivity contribution in [3.05, 3.63) is 35.9 Å². The average Bonchev–Trinajstić information content (AvgIpc) is 2.76. The predicted octanol–water partition coefficient (Wildman–Crippen LogP) is 2.07. The van der Waals surface area contributed by atoms with Gasteiger partial charge >= 0.3 is 0 Å². The molecule has 0 aromatic heterocycles. The Balaban J connectivity index is 1.63. The van der Waals surface area contributed by atoms with E-state index in [0.717, 1.165) is 26.1 Å². The molecule has 0 aliphatic carbocycles. The van der Waals surface area contributed by atoms with E-state index >= 15 is 0 Å². The third kappa shape index (κ3) is 3.40. The summed E-state index contributed by atoms with van der Waals surface area (Å²) in [6, 6.07) is 12.0. The number of rotatable bonds is 3. The Bertz CT molecular complexity index is 409. The van der Waals surface area contributed by atoms with Crippen LogP contribution in [0.4, 0.5) is 0 Å². The highest BCUT2D eigenvalue weighted by atomic mass is 16.5. The maximum atomic E-state index is 5.75. The SMILES string of the molecule is CC1OCCC1N1CCCNC(Cc2ccccc2)C1. The predicted molar refractivity (Wildman–Crippen MR) is 81.9 cm³/mol. The molecule has 2 aliphatic rings. The van der Waals surface area contributed by atoms with E-state index in [-0.39, 0.29) is 0 Å². The van der Waals surface area contributed by atoms with Crippen molar-refractivity contribution in [1.29, 1.82) is 0 Å². The molecule has 0 radical (unpaired) electrons. The minimum Gasteiger partial charge on any atom is -0.377 e. The lowest BCUT2D eigenvalue weighted by atomic mass is 10.0. The van der Waals surface area contributed by atoms with Crippen LogP contribution in [0.3, 0.4) is 0 Å². The van der Waals surface area contributed by atoms with Gasteiger partial charge in [0.15, 0.2) is 0 Å². The van der Waals surface area contributed by atoms with Gasteiger partial charge in [-0.15, -0.1) is 0 Å². The minimum atomic E-state index is 0.394. The molecular weight excluding hydrogens is 248 g/mol. The van der Waals surface area contributed by atoms with Gasteiger partial charge in [-0.3, -0.25) is 4.90 Å². The molecule has 3 rings (SSSR count). The zero-order valence-corrected chi connectivity index (χ0v) is 12.4. The first-order valence-electron chi connectivity index (χ1n) is 7.96. The van der Waals surface area contributed by atoms with Gasteiger partial charge in [-0.1, -0.05) is 30.3 Å². The number of benzene rings is 1. The quantitative estimate of drug-likeness (QED) is 0.913. The summed E-state index contributed by atoms with van der Waals surface area (Å²) in [5.74, 6) is 0. The fourth-order valence-corrected chi connectivity index (χ4v) is 3.56. The first-order valence-corrected chi connectivity index (χ1v) is 7.96. The second-order valence-corrected chi connectivity index (χ2v) is 6.12. The van der Waals surface area contributed by atoms with Crippen LogP contribution in [0.25, 0.3) is 0 Å². The molecule has 110 valence electrons. The van der Waals surface area contributed by atoms with Gasteiger partial charge in [0.05, 0.1) is 6.10 Å². The molecule has 2 saturated heterocycles. The fourth-order valence-electron chi connectivity index (χ4n) is 3.56. The highest BCUT2D eigenvalue weighted by molar-refractivity contribution is 5.16. The Labute approximate surface area is 122 Å². The number of hydrogen-bond donors (Lipinski definition) is 1. The van der Waals surface area contributed by atoms with Crippen molar-refractivity contribution in [2.45, 2.75) is 44.4 Å². The first-order chi connectivity index (χ1) is 9.83. The Morgan fingerprint density at radius 3 is 2.90 bits per heavy atom. The van der Waals surface area contributed by atoms with Crippen molar-refractivity contribution in [2.75, 3.05) is 26.2 Å². The number of nitrogens with one attached hydrogen (secondary N) is 1. The Kier molecular flexibility index (Phi) is 4.71. The lowest BCUT2D eigenvalue weighted by Crippen LogP contribution is -2.46. The second kappa shape index (κ2) is 6.70. The molecule has 2 heterocycles. The van der Waals surface area contributed by atoms with Gasteiger partial charge in [-0.2, -0.15) is 0 Å². The van der Waals surface area contributed by atoms with Crippen molar-refractivity contribution in [1.82, 2.24) is 10.2 Å². The van der Waals surface area contributed by atoms with Crippen LogP contribution in [0.5, 0.6) is 0 Å². The van der Waals surface area contributed by atoms with Gasteiger partial charge in [0.2, 0.25) is 0 Å². The zero-order valence-electron chi connectivity index (χ0n) is 12.4. The Morgan fingerprint density at radius 2 is 2.15 bits per heavy atom. The van der Waals surface area contributed by atoms with Gasteiger partial charge in [-0.25, -0.2) is 0 Å². The standard InChI is InChI=1S/C17H26N2O/c1-14-17(8-11-20-14)19-10-5-9-18-16(13-19)12-15-6-3-2-4-7-15/h2-4,6-7,14,16-18H,5,8-13H2,1H3. The number of hydrogen-bond acceptors (Lipinski definition) is 3. The molecule has 1 aromatic rings. The third-order valence-corrected chi connectivity index (χ3v) is 4.64. The molecule has 3 nitrogen and oxygen atoms in total. The van der Waals surface area contributed by atoms with Gasteiger partial charge in [0.25, 0.3) is 0 Å². The van der Waals surface area contributed by atoms with E-state index in [1.54, 1.807) is 0 Å².